The summed E-state index contributed by atoms with van der Waals surface area (Å²) in [5.41, 5.74) is 1.03. The lowest BCUT2D eigenvalue weighted by molar-refractivity contribution is 0.0513. The predicted octanol–water partition coefficient (Wildman–Crippen LogP) is 2.88. The van der Waals surface area contributed by atoms with Gasteiger partial charge >= 0.3 is 5.97 Å². The van der Waals surface area contributed by atoms with Crippen LogP contribution in [0.3, 0.4) is 0 Å². The summed E-state index contributed by atoms with van der Waals surface area (Å²) >= 11 is 0. The van der Waals surface area contributed by atoms with Crippen LogP contribution in [0, 0.1) is 0 Å². The van der Waals surface area contributed by atoms with Crippen molar-refractivity contribution in [3.05, 3.63) is 30.2 Å². The van der Waals surface area contributed by atoms with E-state index in [0.29, 0.717) is 23.8 Å². The minimum atomic E-state index is -0.379. The van der Waals surface area contributed by atoms with Crippen molar-refractivity contribution in [3.8, 4) is 11.5 Å². The highest BCUT2D eigenvalue weighted by atomic mass is 16.5. The zero-order chi connectivity index (χ0) is 13.5. The van der Waals surface area contributed by atoms with Gasteiger partial charge in [-0.25, -0.2) is 4.79 Å². The summed E-state index contributed by atoms with van der Waals surface area (Å²) in [6, 6.07) is 5.21. The summed E-state index contributed by atoms with van der Waals surface area (Å²) in [6.45, 7) is 6.11. The molecule has 0 saturated heterocycles. The van der Waals surface area contributed by atoms with Gasteiger partial charge in [0.25, 0.3) is 0 Å². The number of hydrogen-bond acceptors (Lipinski definition) is 4. The van der Waals surface area contributed by atoms with Crippen LogP contribution in [-0.4, -0.2) is 22.4 Å². The number of nitrogens with zero attached hydrogens (tertiary/aromatic N) is 2. The Morgan fingerprint density at radius 2 is 2.22 bits per heavy atom. The highest BCUT2D eigenvalue weighted by molar-refractivity contribution is 5.88. The summed E-state index contributed by atoms with van der Waals surface area (Å²) < 4.78 is 11.6. The number of rotatable bonds is 3. The molecule has 0 fully saturated rings. The third-order valence-electron chi connectivity index (χ3n) is 2.14. The summed E-state index contributed by atoms with van der Waals surface area (Å²) in [5.74, 6) is 0.251. The lowest BCUT2D eigenvalue weighted by atomic mass is 10.3. The van der Waals surface area contributed by atoms with Gasteiger partial charge in [0.15, 0.2) is 5.76 Å². The zero-order valence-corrected chi connectivity index (χ0v) is 11.1. The van der Waals surface area contributed by atoms with Crippen LogP contribution in [0.1, 0.15) is 31.3 Å². The molecule has 0 spiro atoms. The molecule has 0 bridgehead atoms. The van der Waals surface area contributed by atoms with E-state index in [-0.39, 0.29) is 5.97 Å². The fourth-order valence-electron chi connectivity index (χ4n) is 1.41. The van der Waals surface area contributed by atoms with Crippen LogP contribution in [0.15, 0.2) is 28.9 Å². The van der Waals surface area contributed by atoms with E-state index in [9.17, 15) is 4.79 Å². The van der Waals surface area contributed by atoms with E-state index in [1.54, 1.807) is 38.4 Å². The zero-order valence-electron chi connectivity index (χ0n) is 11.1. The van der Waals surface area contributed by atoms with Crippen LogP contribution in [0.2, 0.25) is 0 Å². The Kier molecular flexibility index (Phi) is 5.17. The van der Waals surface area contributed by atoms with Crippen molar-refractivity contribution in [2.24, 2.45) is 7.05 Å². The van der Waals surface area contributed by atoms with Gasteiger partial charge in [-0.3, -0.25) is 4.68 Å². The normalized spacial score (nSPS) is 9.56. The van der Waals surface area contributed by atoms with E-state index in [4.69, 9.17) is 9.15 Å². The molecule has 0 aliphatic carbocycles. The molecule has 0 aromatic carbocycles. The van der Waals surface area contributed by atoms with Gasteiger partial charge in [-0.15, -0.1) is 0 Å². The average molecular weight is 250 g/mol. The van der Waals surface area contributed by atoms with Gasteiger partial charge in [0, 0.05) is 13.1 Å². The van der Waals surface area contributed by atoms with Crippen LogP contribution in [0.4, 0.5) is 0 Å². The summed E-state index contributed by atoms with van der Waals surface area (Å²) in [7, 11) is 1.69. The summed E-state index contributed by atoms with van der Waals surface area (Å²) in [4.78, 5) is 11.5. The topological polar surface area (TPSA) is 57.3 Å². The Balaban J connectivity index is 0.000000771. The molecule has 0 N–H and O–H groups in total. The first-order chi connectivity index (χ1) is 8.72. The van der Waals surface area contributed by atoms with Crippen molar-refractivity contribution in [2.45, 2.75) is 20.8 Å². The lowest BCUT2D eigenvalue weighted by Gasteiger charge is -1.99. The molecule has 0 amide bonds. The van der Waals surface area contributed by atoms with E-state index >= 15 is 0 Å². The highest BCUT2D eigenvalue weighted by Crippen LogP contribution is 2.19. The molecule has 0 aliphatic heterocycles. The van der Waals surface area contributed by atoms with Crippen LogP contribution in [0.5, 0.6) is 0 Å². The molecule has 2 heterocycles. The molecule has 0 saturated carbocycles. The molecule has 5 nitrogen and oxygen atoms in total. The van der Waals surface area contributed by atoms with Crippen molar-refractivity contribution >= 4 is 5.97 Å². The Bertz CT molecular complexity index is 486. The van der Waals surface area contributed by atoms with Gasteiger partial charge in [-0.05, 0) is 19.1 Å². The van der Waals surface area contributed by atoms with Gasteiger partial charge in [0.05, 0.1) is 12.9 Å². The van der Waals surface area contributed by atoms with Gasteiger partial charge in [-0.2, -0.15) is 5.10 Å². The number of esters is 1. The molecular weight excluding hydrogens is 232 g/mol. The van der Waals surface area contributed by atoms with Gasteiger partial charge in [0.2, 0.25) is 0 Å². The maximum atomic E-state index is 11.5. The number of ether oxygens (including phenoxy) is 1. The van der Waals surface area contributed by atoms with Gasteiger partial charge in [0.1, 0.15) is 11.4 Å². The van der Waals surface area contributed by atoms with Crippen molar-refractivity contribution in [3.63, 3.8) is 0 Å². The van der Waals surface area contributed by atoms with E-state index in [1.807, 2.05) is 13.8 Å². The molecule has 18 heavy (non-hydrogen) atoms. The number of aromatic nitrogens is 2. The largest absolute Gasteiger partial charge is 0.463 e. The lowest BCUT2D eigenvalue weighted by Crippen LogP contribution is -2.10. The van der Waals surface area contributed by atoms with E-state index in [2.05, 4.69) is 5.10 Å². The van der Waals surface area contributed by atoms with Gasteiger partial charge < -0.3 is 9.15 Å². The first kappa shape index (κ1) is 14.0. The maximum absolute atomic E-state index is 11.5. The standard InChI is InChI=1S/C11H12N2O3.C2H6/c1-3-15-11(14)9-7-8(12-13(9)2)10-5-4-6-16-10;1-2/h4-7H,3H2,1-2H3;1-2H3. The average Bonchev–Trinajstić information content (AvgIpc) is 3.00. The number of furan rings is 1. The van der Waals surface area contributed by atoms with E-state index in [0.717, 1.165) is 0 Å². The quantitative estimate of drug-likeness (QED) is 0.786. The molecule has 2 aromatic rings. The number of aryl methyl sites for hydroxylation is 1. The number of carbonyl (C=O) groups is 1. The SMILES string of the molecule is CC.CCOC(=O)c1cc(-c2ccco2)nn1C. The molecule has 0 unspecified atom stereocenters. The molecule has 2 rings (SSSR count). The number of hydrogen-bond donors (Lipinski definition) is 0. The summed E-state index contributed by atoms with van der Waals surface area (Å²) in [5, 5.41) is 4.18. The van der Waals surface area contributed by atoms with E-state index < -0.39 is 0 Å². The van der Waals surface area contributed by atoms with Gasteiger partial charge in [-0.1, -0.05) is 13.8 Å². The third kappa shape index (κ3) is 3.00. The molecule has 0 aliphatic rings. The highest BCUT2D eigenvalue weighted by Gasteiger charge is 2.15. The molecule has 0 radical (unpaired) electrons. The second-order valence-electron chi connectivity index (χ2n) is 3.24. The monoisotopic (exact) mass is 250 g/mol. The van der Waals surface area contributed by atoms with Crippen molar-refractivity contribution in [2.75, 3.05) is 6.61 Å². The Morgan fingerprint density at radius 1 is 1.50 bits per heavy atom. The first-order valence-electron chi connectivity index (χ1n) is 5.97. The molecule has 2 aromatic heterocycles. The fourth-order valence-corrected chi connectivity index (χ4v) is 1.41. The number of carbonyl (C=O) groups excluding carboxylic acids is 1. The Labute approximate surface area is 106 Å². The minimum absolute atomic E-state index is 0.347. The van der Waals surface area contributed by atoms with Crippen molar-refractivity contribution in [1.29, 1.82) is 0 Å². The van der Waals surface area contributed by atoms with E-state index in [1.165, 1.54) is 4.68 Å². The first-order valence-corrected chi connectivity index (χ1v) is 5.97. The third-order valence-corrected chi connectivity index (χ3v) is 2.14. The Morgan fingerprint density at radius 3 is 2.78 bits per heavy atom. The molecule has 98 valence electrons. The van der Waals surface area contributed by atoms with Crippen LogP contribution in [0.25, 0.3) is 11.5 Å². The summed E-state index contributed by atoms with van der Waals surface area (Å²) in [6.07, 6.45) is 1.56. The Hall–Kier alpha value is -2.04. The van der Waals surface area contributed by atoms with Crippen LogP contribution < -0.4 is 0 Å². The molecule has 5 heteroatoms. The van der Waals surface area contributed by atoms with Crippen molar-refractivity contribution < 1.29 is 13.9 Å². The second-order valence-corrected chi connectivity index (χ2v) is 3.24. The fraction of sp³-hybridized carbons (Fsp3) is 0.385. The van der Waals surface area contributed by atoms with Crippen molar-refractivity contribution in [1.82, 2.24) is 9.78 Å². The molecule has 0 atom stereocenters. The molecular formula is C13H18N2O3. The predicted molar refractivity (Wildman–Crippen MR) is 68.2 cm³/mol. The minimum Gasteiger partial charge on any atom is -0.463 e. The maximum Gasteiger partial charge on any atom is 0.356 e. The second kappa shape index (κ2) is 6.64. The van der Waals surface area contributed by atoms with Crippen LogP contribution >= 0.6 is 0 Å². The smallest absolute Gasteiger partial charge is 0.356 e. The van der Waals surface area contributed by atoms with Crippen LogP contribution in [-0.2, 0) is 11.8 Å².